The summed E-state index contributed by atoms with van der Waals surface area (Å²) in [6.45, 7) is 3.65. The lowest BCUT2D eigenvalue weighted by atomic mass is 9.95. The van der Waals surface area contributed by atoms with Crippen molar-refractivity contribution in [3.8, 4) is 11.5 Å². The predicted octanol–water partition coefficient (Wildman–Crippen LogP) is 4.54. The number of hydrogen-bond acceptors (Lipinski definition) is 6. The van der Waals surface area contributed by atoms with Gasteiger partial charge in [-0.15, -0.1) is 0 Å². The van der Waals surface area contributed by atoms with Gasteiger partial charge in [0.1, 0.15) is 29.1 Å². The van der Waals surface area contributed by atoms with E-state index in [0.717, 1.165) is 5.56 Å². The summed E-state index contributed by atoms with van der Waals surface area (Å²) in [4.78, 5) is 27.6. The van der Waals surface area contributed by atoms with E-state index in [1.54, 1.807) is 69.7 Å². The number of amides is 1. The number of anilines is 1. The monoisotopic (exact) mass is 433 g/mol. The van der Waals surface area contributed by atoms with Gasteiger partial charge in [0.25, 0.3) is 11.7 Å². The lowest BCUT2D eigenvalue weighted by Gasteiger charge is -2.23. The highest BCUT2D eigenvalue weighted by atomic mass is 16.5. The summed E-state index contributed by atoms with van der Waals surface area (Å²) in [5, 5.41) is 11.3. The number of ether oxygens (including phenoxy) is 2. The van der Waals surface area contributed by atoms with Crippen LogP contribution in [0.3, 0.4) is 0 Å². The topological polar surface area (TPSA) is 89.2 Å². The van der Waals surface area contributed by atoms with Gasteiger partial charge in [0, 0.05) is 11.3 Å². The molecule has 1 atom stereocenters. The molecule has 1 N–H and O–H groups in total. The Morgan fingerprint density at radius 3 is 2.31 bits per heavy atom. The highest BCUT2D eigenvalue weighted by Crippen LogP contribution is 2.43. The molecule has 3 aromatic rings. The average molecular weight is 433 g/mol. The van der Waals surface area contributed by atoms with Crippen LogP contribution in [0.1, 0.15) is 28.5 Å². The zero-order valence-electron chi connectivity index (χ0n) is 18.2. The summed E-state index contributed by atoms with van der Waals surface area (Å²) >= 11 is 0. The van der Waals surface area contributed by atoms with Gasteiger partial charge in [0.15, 0.2) is 0 Å². The quantitative estimate of drug-likeness (QED) is 0.361. The van der Waals surface area contributed by atoms with Crippen molar-refractivity contribution >= 4 is 23.1 Å². The molecule has 1 fully saturated rings. The van der Waals surface area contributed by atoms with Gasteiger partial charge in [-0.05, 0) is 73.5 Å². The second kappa shape index (κ2) is 8.26. The van der Waals surface area contributed by atoms with Crippen molar-refractivity contribution in [3.05, 3.63) is 82.8 Å². The highest BCUT2D eigenvalue weighted by molar-refractivity contribution is 6.51. The third-order valence-electron chi connectivity index (χ3n) is 5.60. The summed E-state index contributed by atoms with van der Waals surface area (Å²) in [5.74, 6) is -0.147. The Morgan fingerprint density at radius 2 is 1.72 bits per heavy atom. The van der Waals surface area contributed by atoms with Crippen molar-refractivity contribution in [2.75, 3.05) is 19.1 Å². The zero-order chi connectivity index (χ0) is 23.0. The van der Waals surface area contributed by atoms with Gasteiger partial charge in [-0.3, -0.25) is 14.5 Å². The lowest BCUT2D eigenvalue weighted by Crippen LogP contribution is -2.29. The van der Waals surface area contributed by atoms with Crippen LogP contribution in [0.2, 0.25) is 0 Å². The number of aliphatic hydroxyl groups is 1. The normalized spacial score (nSPS) is 17.6. The summed E-state index contributed by atoms with van der Waals surface area (Å²) in [6.07, 6.45) is 1.46. The van der Waals surface area contributed by atoms with E-state index < -0.39 is 17.7 Å². The number of methoxy groups -OCH3 is 2. The van der Waals surface area contributed by atoms with Crippen LogP contribution in [0.5, 0.6) is 11.5 Å². The first-order valence-electron chi connectivity index (χ1n) is 10.0. The smallest absolute Gasteiger partial charge is 0.300 e. The van der Waals surface area contributed by atoms with E-state index in [0.29, 0.717) is 34.1 Å². The standard InChI is InChI=1S/C25H23NO6/c1-14-13-20(31-4)15(2)12-18(14)23(27)21-22(19-6-5-11-32-19)26(25(29)24(21)28)16-7-9-17(30-3)10-8-16/h5-13,22,27H,1-4H3/b23-21-. The van der Waals surface area contributed by atoms with Crippen LogP contribution in [0.4, 0.5) is 5.69 Å². The molecule has 164 valence electrons. The highest BCUT2D eigenvalue weighted by Gasteiger charge is 2.48. The number of aliphatic hydroxyl groups excluding tert-OH is 1. The minimum Gasteiger partial charge on any atom is -0.507 e. The Labute approximate surface area is 185 Å². The summed E-state index contributed by atoms with van der Waals surface area (Å²) in [6, 6.07) is 12.7. The largest absolute Gasteiger partial charge is 0.507 e. The lowest BCUT2D eigenvalue weighted by molar-refractivity contribution is -0.132. The average Bonchev–Trinajstić information content (AvgIpc) is 3.41. The molecule has 2 heterocycles. The second-order valence-corrected chi connectivity index (χ2v) is 7.52. The van der Waals surface area contributed by atoms with Crippen LogP contribution in [0.15, 0.2) is 64.8 Å². The molecule has 32 heavy (non-hydrogen) atoms. The van der Waals surface area contributed by atoms with Crippen molar-refractivity contribution in [2.24, 2.45) is 0 Å². The van der Waals surface area contributed by atoms with Crippen molar-refractivity contribution < 1.29 is 28.6 Å². The van der Waals surface area contributed by atoms with Crippen LogP contribution in [-0.4, -0.2) is 31.0 Å². The van der Waals surface area contributed by atoms with Crippen LogP contribution >= 0.6 is 0 Å². The number of carbonyl (C=O) groups is 2. The van der Waals surface area contributed by atoms with E-state index in [1.165, 1.54) is 11.2 Å². The van der Waals surface area contributed by atoms with E-state index >= 15 is 0 Å². The van der Waals surface area contributed by atoms with Crippen molar-refractivity contribution in [1.82, 2.24) is 0 Å². The number of Topliss-reactive ketones (excluding diaryl/α,β-unsaturated/α-hetero) is 1. The molecule has 0 spiro atoms. The van der Waals surface area contributed by atoms with E-state index in [-0.39, 0.29) is 11.3 Å². The minimum atomic E-state index is -0.916. The Morgan fingerprint density at radius 1 is 1.00 bits per heavy atom. The number of hydrogen-bond donors (Lipinski definition) is 1. The summed E-state index contributed by atoms with van der Waals surface area (Å²) < 4.78 is 16.1. The molecule has 1 aliphatic rings. The van der Waals surface area contributed by atoms with E-state index in [2.05, 4.69) is 0 Å². The molecule has 7 heteroatoms. The van der Waals surface area contributed by atoms with Crippen molar-refractivity contribution in [1.29, 1.82) is 0 Å². The maximum Gasteiger partial charge on any atom is 0.300 e. The molecule has 1 saturated heterocycles. The number of carbonyl (C=O) groups excluding carboxylic acids is 2. The maximum atomic E-state index is 13.2. The van der Waals surface area contributed by atoms with E-state index in [9.17, 15) is 14.7 Å². The zero-order valence-corrected chi connectivity index (χ0v) is 18.2. The van der Waals surface area contributed by atoms with Crippen LogP contribution in [-0.2, 0) is 9.59 Å². The molecular formula is C25H23NO6. The van der Waals surface area contributed by atoms with Crippen LogP contribution in [0.25, 0.3) is 5.76 Å². The maximum absolute atomic E-state index is 13.2. The predicted molar refractivity (Wildman–Crippen MR) is 119 cm³/mol. The first kappa shape index (κ1) is 21.2. The fourth-order valence-electron chi connectivity index (χ4n) is 3.97. The molecule has 1 unspecified atom stereocenters. The summed E-state index contributed by atoms with van der Waals surface area (Å²) in [7, 11) is 3.11. The third kappa shape index (κ3) is 3.41. The Balaban J connectivity index is 1.92. The van der Waals surface area contributed by atoms with E-state index in [1.807, 2.05) is 6.92 Å². The Kier molecular flexibility index (Phi) is 5.48. The van der Waals surface area contributed by atoms with Gasteiger partial charge in [-0.1, -0.05) is 0 Å². The second-order valence-electron chi connectivity index (χ2n) is 7.52. The molecule has 7 nitrogen and oxygen atoms in total. The molecule has 0 bridgehead atoms. The van der Waals surface area contributed by atoms with Gasteiger partial charge in [-0.2, -0.15) is 0 Å². The van der Waals surface area contributed by atoms with Crippen LogP contribution < -0.4 is 14.4 Å². The van der Waals surface area contributed by atoms with Gasteiger partial charge < -0.3 is 19.0 Å². The third-order valence-corrected chi connectivity index (χ3v) is 5.60. The Bertz CT molecular complexity index is 1210. The number of ketones is 1. The molecule has 1 amide bonds. The molecule has 4 rings (SSSR count). The first-order valence-corrected chi connectivity index (χ1v) is 10.0. The fourth-order valence-corrected chi connectivity index (χ4v) is 3.97. The molecule has 1 aliphatic heterocycles. The molecule has 0 aliphatic carbocycles. The van der Waals surface area contributed by atoms with Gasteiger partial charge >= 0.3 is 0 Å². The first-order chi connectivity index (χ1) is 15.4. The minimum absolute atomic E-state index is 0.0339. The number of benzene rings is 2. The number of nitrogens with zero attached hydrogens (tertiary/aromatic N) is 1. The number of furan rings is 1. The molecule has 0 saturated carbocycles. The molecule has 0 radical (unpaired) electrons. The molecule has 2 aromatic carbocycles. The molecular weight excluding hydrogens is 410 g/mol. The van der Waals surface area contributed by atoms with Gasteiger partial charge in [-0.25, -0.2) is 0 Å². The molecule has 1 aromatic heterocycles. The van der Waals surface area contributed by atoms with Gasteiger partial charge in [0.05, 0.1) is 26.1 Å². The SMILES string of the molecule is COc1ccc(N2C(=O)C(=O)/C(=C(\O)c3cc(C)c(OC)cc3C)C2c2ccco2)cc1. The number of rotatable bonds is 5. The van der Waals surface area contributed by atoms with Gasteiger partial charge in [0.2, 0.25) is 0 Å². The Hall–Kier alpha value is -4.00. The summed E-state index contributed by atoms with van der Waals surface area (Å²) in [5.41, 5.74) is 2.40. The van der Waals surface area contributed by atoms with Crippen molar-refractivity contribution in [2.45, 2.75) is 19.9 Å². The fraction of sp³-hybridized carbons (Fsp3) is 0.200. The number of aryl methyl sites for hydroxylation is 2. The van der Waals surface area contributed by atoms with Crippen LogP contribution in [0, 0.1) is 13.8 Å². The van der Waals surface area contributed by atoms with Crippen molar-refractivity contribution in [3.63, 3.8) is 0 Å². The van der Waals surface area contributed by atoms with E-state index in [4.69, 9.17) is 13.9 Å².